The van der Waals surface area contributed by atoms with Crippen LogP contribution < -0.4 is 5.32 Å². The predicted molar refractivity (Wildman–Crippen MR) is 89.0 cm³/mol. The van der Waals surface area contributed by atoms with E-state index in [0.717, 1.165) is 48.1 Å². The second kappa shape index (κ2) is 6.32. The molecule has 0 aliphatic carbocycles. The number of nitrogens with one attached hydrogen (secondary N) is 2. The van der Waals surface area contributed by atoms with Gasteiger partial charge in [-0.05, 0) is 19.2 Å². The molecular weight excluding hydrogens is 304 g/mol. The molecule has 0 atom stereocenters. The van der Waals surface area contributed by atoms with E-state index in [9.17, 15) is 0 Å². The molecular formula is C16H18N8. The largest absolute Gasteiger partial charge is 0.362 e. The third kappa shape index (κ3) is 2.95. The van der Waals surface area contributed by atoms with Gasteiger partial charge in [0.1, 0.15) is 23.7 Å². The van der Waals surface area contributed by atoms with Gasteiger partial charge in [0.05, 0.1) is 12.2 Å². The molecule has 0 saturated heterocycles. The van der Waals surface area contributed by atoms with Gasteiger partial charge in [0.15, 0.2) is 5.82 Å². The van der Waals surface area contributed by atoms with Crippen LogP contribution in [0.15, 0.2) is 30.7 Å². The molecule has 0 saturated carbocycles. The van der Waals surface area contributed by atoms with Crippen LogP contribution in [0.2, 0.25) is 0 Å². The minimum Gasteiger partial charge on any atom is -0.362 e. The molecule has 24 heavy (non-hydrogen) atoms. The SMILES string of the molecule is CN1CCc2ncnc(NCc3nc(-c4ccccn4)n[nH]3)c2C1. The van der Waals surface area contributed by atoms with Gasteiger partial charge in [-0.1, -0.05) is 6.07 Å². The molecule has 0 spiro atoms. The fourth-order valence-corrected chi connectivity index (χ4v) is 2.78. The molecule has 3 aromatic heterocycles. The summed E-state index contributed by atoms with van der Waals surface area (Å²) in [6, 6.07) is 5.67. The fourth-order valence-electron chi connectivity index (χ4n) is 2.78. The molecule has 122 valence electrons. The van der Waals surface area contributed by atoms with Gasteiger partial charge in [0, 0.05) is 31.3 Å². The summed E-state index contributed by atoms with van der Waals surface area (Å²) < 4.78 is 0. The van der Waals surface area contributed by atoms with Crippen molar-refractivity contribution in [2.24, 2.45) is 0 Å². The Labute approximate surface area is 139 Å². The Balaban J connectivity index is 1.49. The van der Waals surface area contributed by atoms with E-state index in [1.54, 1.807) is 12.5 Å². The molecule has 8 heteroatoms. The van der Waals surface area contributed by atoms with Crippen LogP contribution in [0.5, 0.6) is 0 Å². The third-order valence-corrected chi connectivity index (χ3v) is 4.04. The molecule has 2 N–H and O–H groups in total. The zero-order valence-electron chi connectivity index (χ0n) is 13.4. The Morgan fingerprint density at radius 2 is 2.21 bits per heavy atom. The zero-order chi connectivity index (χ0) is 16.4. The molecule has 0 amide bonds. The van der Waals surface area contributed by atoms with Crippen molar-refractivity contribution in [2.75, 3.05) is 18.9 Å². The lowest BCUT2D eigenvalue weighted by Crippen LogP contribution is -2.28. The van der Waals surface area contributed by atoms with Crippen LogP contribution >= 0.6 is 0 Å². The van der Waals surface area contributed by atoms with Crippen molar-refractivity contribution in [1.29, 1.82) is 0 Å². The molecule has 3 aromatic rings. The minimum absolute atomic E-state index is 0.521. The summed E-state index contributed by atoms with van der Waals surface area (Å²) >= 11 is 0. The standard InChI is InChI=1S/C16H18N8/c1-24-7-5-12-11(9-24)15(20-10-19-12)18-8-14-21-16(23-22-14)13-4-2-3-6-17-13/h2-4,6,10H,5,7-9H2,1H3,(H,18,19,20)(H,21,22,23). The van der Waals surface area contributed by atoms with Crippen LogP contribution in [0.1, 0.15) is 17.1 Å². The van der Waals surface area contributed by atoms with E-state index in [-0.39, 0.29) is 0 Å². The number of fused-ring (bicyclic) bond motifs is 1. The van der Waals surface area contributed by atoms with Crippen molar-refractivity contribution in [1.82, 2.24) is 35.0 Å². The molecule has 0 aromatic carbocycles. The number of H-pyrrole nitrogens is 1. The lowest BCUT2D eigenvalue weighted by molar-refractivity contribution is 0.310. The maximum absolute atomic E-state index is 4.48. The van der Waals surface area contributed by atoms with Gasteiger partial charge in [-0.25, -0.2) is 15.0 Å². The maximum atomic E-state index is 4.48. The van der Waals surface area contributed by atoms with E-state index < -0.39 is 0 Å². The predicted octanol–water partition coefficient (Wildman–Crippen LogP) is 1.26. The normalized spacial score (nSPS) is 14.4. The maximum Gasteiger partial charge on any atom is 0.199 e. The van der Waals surface area contributed by atoms with E-state index in [4.69, 9.17) is 0 Å². The number of hydrogen-bond donors (Lipinski definition) is 2. The van der Waals surface area contributed by atoms with E-state index in [1.807, 2.05) is 18.2 Å². The van der Waals surface area contributed by atoms with Gasteiger partial charge in [0.25, 0.3) is 0 Å². The van der Waals surface area contributed by atoms with Gasteiger partial charge in [-0.2, -0.15) is 5.10 Å². The zero-order valence-corrected chi connectivity index (χ0v) is 13.4. The van der Waals surface area contributed by atoms with Gasteiger partial charge in [-0.15, -0.1) is 0 Å². The first kappa shape index (κ1) is 14.7. The van der Waals surface area contributed by atoms with Gasteiger partial charge >= 0.3 is 0 Å². The van der Waals surface area contributed by atoms with Crippen LogP contribution in [0.4, 0.5) is 5.82 Å². The molecule has 1 aliphatic heterocycles. The van der Waals surface area contributed by atoms with Crippen LogP contribution in [0.25, 0.3) is 11.5 Å². The average molecular weight is 322 g/mol. The topological polar surface area (TPSA) is 95.5 Å². The monoisotopic (exact) mass is 322 g/mol. The minimum atomic E-state index is 0.521. The Morgan fingerprint density at radius 1 is 1.25 bits per heavy atom. The first-order chi connectivity index (χ1) is 11.8. The molecule has 4 heterocycles. The second-order valence-corrected chi connectivity index (χ2v) is 5.81. The Kier molecular flexibility index (Phi) is 3.87. The lowest BCUT2D eigenvalue weighted by atomic mass is 10.1. The molecule has 1 aliphatic rings. The summed E-state index contributed by atoms with van der Waals surface area (Å²) in [6.45, 7) is 2.40. The molecule has 4 rings (SSSR count). The molecule has 0 unspecified atom stereocenters. The number of aromatic amines is 1. The Morgan fingerprint density at radius 3 is 3.08 bits per heavy atom. The van der Waals surface area contributed by atoms with Crippen LogP contribution in [0, 0.1) is 0 Å². The highest BCUT2D eigenvalue weighted by Gasteiger charge is 2.18. The van der Waals surface area contributed by atoms with Gasteiger partial charge in [0.2, 0.25) is 0 Å². The second-order valence-electron chi connectivity index (χ2n) is 5.81. The number of pyridine rings is 1. The summed E-state index contributed by atoms with van der Waals surface area (Å²) in [4.78, 5) is 19.8. The average Bonchev–Trinajstić information content (AvgIpc) is 3.10. The summed E-state index contributed by atoms with van der Waals surface area (Å²) in [5.74, 6) is 2.20. The van der Waals surface area contributed by atoms with E-state index in [2.05, 4.69) is 47.4 Å². The molecule has 0 bridgehead atoms. The van der Waals surface area contributed by atoms with Crippen LogP contribution in [-0.4, -0.2) is 48.6 Å². The Hall–Kier alpha value is -2.87. The quantitative estimate of drug-likeness (QED) is 0.746. The van der Waals surface area contributed by atoms with Crippen molar-refractivity contribution >= 4 is 5.82 Å². The van der Waals surface area contributed by atoms with Crippen LogP contribution in [0.3, 0.4) is 0 Å². The molecule has 0 radical (unpaired) electrons. The number of anilines is 1. The lowest BCUT2D eigenvalue weighted by Gasteiger charge is -2.25. The van der Waals surface area contributed by atoms with Crippen LogP contribution in [-0.2, 0) is 19.5 Å². The molecule has 8 nitrogen and oxygen atoms in total. The highest BCUT2D eigenvalue weighted by Crippen LogP contribution is 2.22. The Bertz CT molecular complexity index is 829. The van der Waals surface area contributed by atoms with E-state index >= 15 is 0 Å². The first-order valence-electron chi connectivity index (χ1n) is 7.87. The van der Waals surface area contributed by atoms with Crippen molar-refractivity contribution in [2.45, 2.75) is 19.5 Å². The van der Waals surface area contributed by atoms with Gasteiger partial charge in [-0.3, -0.25) is 10.1 Å². The van der Waals surface area contributed by atoms with E-state index in [1.165, 1.54) is 0 Å². The fraction of sp³-hybridized carbons (Fsp3) is 0.312. The molecule has 0 fully saturated rings. The highest BCUT2D eigenvalue weighted by molar-refractivity contribution is 5.49. The van der Waals surface area contributed by atoms with Gasteiger partial charge < -0.3 is 10.2 Å². The van der Waals surface area contributed by atoms with Crippen molar-refractivity contribution in [3.8, 4) is 11.5 Å². The van der Waals surface area contributed by atoms with Crippen molar-refractivity contribution < 1.29 is 0 Å². The third-order valence-electron chi connectivity index (χ3n) is 4.04. The number of nitrogens with zero attached hydrogens (tertiary/aromatic N) is 6. The highest BCUT2D eigenvalue weighted by atomic mass is 15.2. The number of rotatable bonds is 4. The number of aromatic nitrogens is 6. The summed E-state index contributed by atoms with van der Waals surface area (Å²) in [5, 5.41) is 10.5. The van der Waals surface area contributed by atoms with Crippen molar-refractivity contribution in [3.05, 3.63) is 47.8 Å². The van der Waals surface area contributed by atoms with Crippen molar-refractivity contribution in [3.63, 3.8) is 0 Å². The van der Waals surface area contributed by atoms with E-state index in [0.29, 0.717) is 12.4 Å². The summed E-state index contributed by atoms with van der Waals surface area (Å²) in [5.41, 5.74) is 3.04. The number of hydrogen-bond acceptors (Lipinski definition) is 7. The first-order valence-corrected chi connectivity index (χ1v) is 7.87. The smallest absolute Gasteiger partial charge is 0.199 e. The summed E-state index contributed by atoms with van der Waals surface area (Å²) in [7, 11) is 2.11. The summed E-state index contributed by atoms with van der Waals surface area (Å²) in [6.07, 6.45) is 4.30. The number of likely N-dealkylation sites (N-methyl/N-ethyl adjacent to an activating group) is 1.